The first kappa shape index (κ1) is 18.4. The van der Waals surface area contributed by atoms with Crippen molar-refractivity contribution in [3.63, 3.8) is 0 Å². The molecule has 144 valence electrons. The SMILES string of the molecule is COc1cccc(C[C@H](N)CNc2nnc(-c3ccc4n[nH]c(C)c4c3)s2)c1. The molecule has 7 nitrogen and oxygen atoms in total. The topological polar surface area (TPSA) is 102 Å². The molecule has 2 heterocycles. The normalized spacial score (nSPS) is 12.2. The number of nitrogens with two attached hydrogens (primary N) is 1. The molecule has 2 aromatic heterocycles. The molecule has 0 radical (unpaired) electrons. The molecule has 0 unspecified atom stereocenters. The molecule has 0 fully saturated rings. The molecular weight excluding hydrogens is 372 g/mol. The number of fused-ring (bicyclic) bond motifs is 1. The van der Waals surface area contributed by atoms with Crippen LogP contribution in [0.5, 0.6) is 5.75 Å². The van der Waals surface area contributed by atoms with Gasteiger partial charge in [-0.15, -0.1) is 10.2 Å². The Balaban J connectivity index is 1.39. The van der Waals surface area contributed by atoms with Gasteiger partial charge in [0.15, 0.2) is 0 Å². The Bertz CT molecular complexity index is 1090. The summed E-state index contributed by atoms with van der Waals surface area (Å²) >= 11 is 1.52. The third kappa shape index (κ3) is 3.97. The number of benzene rings is 2. The number of rotatable bonds is 7. The van der Waals surface area contributed by atoms with Crippen molar-refractivity contribution in [1.29, 1.82) is 0 Å². The van der Waals surface area contributed by atoms with Crippen LogP contribution in [0.25, 0.3) is 21.5 Å². The number of aromatic nitrogens is 4. The maximum atomic E-state index is 6.27. The van der Waals surface area contributed by atoms with Gasteiger partial charge in [0, 0.05) is 29.2 Å². The summed E-state index contributed by atoms with van der Waals surface area (Å²) in [5.41, 5.74) is 10.4. The van der Waals surface area contributed by atoms with E-state index >= 15 is 0 Å². The van der Waals surface area contributed by atoms with Crippen LogP contribution in [-0.4, -0.2) is 40.1 Å². The zero-order valence-electron chi connectivity index (χ0n) is 15.8. The van der Waals surface area contributed by atoms with E-state index in [1.54, 1.807) is 7.11 Å². The van der Waals surface area contributed by atoms with Crippen molar-refractivity contribution in [3.8, 4) is 16.3 Å². The predicted octanol–water partition coefficient (Wildman–Crippen LogP) is 3.38. The summed E-state index contributed by atoms with van der Waals surface area (Å²) in [5.74, 6) is 0.844. The van der Waals surface area contributed by atoms with Gasteiger partial charge in [-0.05, 0) is 49.2 Å². The first-order valence-electron chi connectivity index (χ1n) is 9.03. The van der Waals surface area contributed by atoms with Crippen LogP contribution in [0.3, 0.4) is 0 Å². The quantitative estimate of drug-likeness (QED) is 0.444. The van der Waals surface area contributed by atoms with E-state index in [1.165, 1.54) is 11.3 Å². The van der Waals surface area contributed by atoms with Crippen LogP contribution >= 0.6 is 11.3 Å². The third-order valence-corrected chi connectivity index (χ3v) is 5.49. The highest BCUT2D eigenvalue weighted by atomic mass is 32.1. The Morgan fingerprint density at radius 1 is 1.21 bits per heavy atom. The Morgan fingerprint density at radius 2 is 2.11 bits per heavy atom. The standard InChI is InChI=1S/C20H22N6OS/c1-12-17-10-14(6-7-18(17)24-23-12)19-25-26-20(28-19)22-11-15(21)8-13-4-3-5-16(9-13)27-2/h3-7,9-10,15H,8,11,21H2,1-2H3,(H,22,26)(H,23,24)/t15-/m0/s1. The molecule has 28 heavy (non-hydrogen) atoms. The molecule has 0 aliphatic carbocycles. The lowest BCUT2D eigenvalue weighted by Crippen LogP contribution is -2.31. The van der Waals surface area contributed by atoms with Gasteiger partial charge < -0.3 is 15.8 Å². The Morgan fingerprint density at radius 3 is 2.96 bits per heavy atom. The van der Waals surface area contributed by atoms with E-state index in [0.29, 0.717) is 6.54 Å². The minimum absolute atomic E-state index is 0.0376. The number of H-pyrrole nitrogens is 1. The number of hydrogen-bond acceptors (Lipinski definition) is 7. The molecule has 4 N–H and O–H groups in total. The number of aromatic amines is 1. The first-order valence-corrected chi connectivity index (χ1v) is 9.85. The van der Waals surface area contributed by atoms with E-state index in [0.717, 1.165) is 50.0 Å². The zero-order chi connectivity index (χ0) is 19.5. The van der Waals surface area contributed by atoms with Gasteiger partial charge in [-0.1, -0.05) is 23.5 Å². The lowest BCUT2D eigenvalue weighted by Gasteiger charge is -2.12. The molecule has 0 aliphatic rings. The Labute approximate surface area is 167 Å². The second-order valence-electron chi connectivity index (χ2n) is 6.69. The number of nitrogens with zero attached hydrogens (tertiary/aromatic N) is 3. The summed E-state index contributed by atoms with van der Waals surface area (Å²) in [6.07, 6.45) is 0.756. The van der Waals surface area contributed by atoms with Gasteiger partial charge in [0.05, 0.1) is 12.6 Å². The Kier molecular flexibility index (Phi) is 5.23. The number of ether oxygens (including phenoxy) is 1. The molecule has 8 heteroatoms. The summed E-state index contributed by atoms with van der Waals surface area (Å²) in [7, 11) is 1.67. The highest BCUT2D eigenvalue weighted by Gasteiger charge is 2.11. The van der Waals surface area contributed by atoms with Gasteiger partial charge in [-0.2, -0.15) is 5.10 Å². The molecule has 0 bridgehead atoms. The zero-order valence-corrected chi connectivity index (χ0v) is 16.6. The summed E-state index contributed by atoms with van der Waals surface area (Å²) in [4.78, 5) is 0. The van der Waals surface area contributed by atoms with Crippen LogP contribution in [0.15, 0.2) is 42.5 Å². The third-order valence-electron chi connectivity index (χ3n) is 4.56. The molecule has 4 rings (SSSR count). The van der Waals surface area contributed by atoms with E-state index < -0.39 is 0 Å². The molecule has 4 aromatic rings. The van der Waals surface area contributed by atoms with Crippen molar-refractivity contribution >= 4 is 27.4 Å². The number of aryl methyl sites for hydroxylation is 1. The monoisotopic (exact) mass is 394 g/mol. The van der Waals surface area contributed by atoms with E-state index in [9.17, 15) is 0 Å². The van der Waals surface area contributed by atoms with Gasteiger partial charge in [0.25, 0.3) is 0 Å². The lowest BCUT2D eigenvalue weighted by molar-refractivity contribution is 0.414. The van der Waals surface area contributed by atoms with Crippen molar-refractivity contribution in [2.45, 2.75) is 19.4 Å². The minimum atomic E-state index is -0.0376. The average molecular weight is 395 g/mol. The Hall–Kier alpha value is -2.97. The number of hydrogen-bond donors (Lipinski definition) is 3. The van der Waals surface area contributed by atoms with Gasteiger partial charge in [0.1, 0.15) is 10.8 Å². The van der Waals surface area contributed by atoms with Crippen molar-refractivity contribution in [3.05, 3.63) is 53.7 Å². The maximum absolute atomic E-state index is 6.27. The van der Waals surface area contributed by atoms with E-state index in [2.05, 4.69) is 37.8 Å². The minimum Gasteiger partial charge on any atom is -0.497 e. The van der Waals surface area contributed by atoms with Crippen LogP contribution in [0.1, 0.15) is 11.3 Å². The second kappa shape index (κ2) is 7.95. The van der Waals surface area contributed by atoms with Gasteiger partial charge in [0.2, 0.25) is 5.13 Å². The fraction of sp³-hybridized carbons (Fsp3) is 0.250. The molecule has 0 saturated heterocycles. The number of nitrogens with one attached hydrogen (secondary N) is 2. The smallest absolute Gasteiger partial charge is 0.206 e. The van der Waals surface area contributed by atoms with Crippen molar-refractivity contribution in [2.75, 3.05) is 19.0 Å². The molecule has 0 aliphatic heterocycles. The molecule has 0 amide bonds. The highest BCUT2D eigenvalue weighted by Crippen LogP contribution is 2.29. The summed E-state index contributed by atoms with van der Waals surface area (Å²) in [6, 6.07) is 14.0. The van der Waals surface area contributed by atoms with Crippen LogP contribution in [0.4, 0.5) is 5.13 Å². The van der Waals surface area contributed by atoms with Crippen LogP contribution < -0.4 is 15.8 Å². The maximum Gasteiger partial charge on any atom is 0.206 e. The van der Waals surface area contributed by atoms with Crippen molar-refractivity contribution < 1.29 is 4.74 Å². The molecule has 2 aromatic carbocycles. The van der Waals surface area contributed by atoms with Crippen LogP contribution in [0.2, 0.25) is 0 Å². The summed E-state index contributed by atoms with van der Waals surface area (Å²) < 4.78 is 5.26. The number of anilines is 1. The van der Waals surface area contributed by atoms with Gasteiger partial charge in [-0.3, -0.25) is 5.10 Å². The van der Waals surface area contributed by atoms with E-state index in [4.69, 9.17) is 10.5 Å². The van der Waals surface area contributed by atoms with Gasteiger partial charge >= 0.3 is 0 Å². The van der Waals surface area contributed by atoms with Crippen LogP contribution in [0, 0.1) is 6.92 Å². The van der Waals surface area contributed by atoms with E-state index in [-0.39, 0.29) is 6.04 Å². The molecule has 1 atom stereocenters. The lowest BCUT2D eigenvalue weighted by atomic mass is 10.1. The second-order valence-corrected chi connectivity index (χ2v) is 7.67. The first-order chi connectivity index (χ1) is 13.6. The number of methoxy groups -OCH3 is 1. The van der Waals surface area contributed by atoms with Crippen molar-refractivity contribution in [1.82, 2.24) is 20.4 Å². The molecule has 0 spiro atoms. The summed E-state index contributed by atoms with van der Waals surface area (Å²) in [6.45, 7) is 2.63. The fourth-order valence-corrected chi connectivity index (χ4v) is 3.82. The predicted molar refractivity (Wildman–Crippen MR) is 113 cm³/mol. The summed E-state index contributed by atoms with van der Waals surface area (Å²) in [5, 5.41) is 21.8. The fourth-order valence-electron chi connectivity index (χ4n) is 3.08. The molecule has 0 saturated carbocycles. The van der Waals surface area contributed by atoms with E-state index in [1.807, 2.05) is 37.3 Å². The van der Waals surface area contributed by atoms with Gasteiger partial charge in [-0.25, -0.2) is 0 Å². The molecular formula is C20H22N6OS. The van der Waals surface area contributed by atoms with Crippen LogP contribution in [-0.2, 0) is 6.42 Å². The largest absolute Gasteiger partial charge is 0.497 e. The van der Waals surface area contributed by atoms with Crippen molar-refractivity contribution in [2.24, 2.45) is 5.73 Å². The highest BCUT2D eigenvalue weighted by molar-refractivity contribution is 7.18. The average Bonchev–Trinajstić information content (AvgIpc) is 3.33.